The Morgan fingerprint density at radius 2 is 0.524 bits per heavy atom. The monoisotopic (exact) mass is 1240 g/mol. The molecule has 0 rings (SSSR count). The Balaban J connectivity index is 4.83. The molecule has 84 heavy (non-hydrogen) atoms. The fourth-order valence-corrected chi connectivity index (χ4v) is 11.6. The van der Waals surface area contributed by atoms with E-state index >= 15 is 0 Å². The van der Waals surface area contributed by atoms with E-state index in [4.69, 9.17) is 37.0 Å². The SMILES string of the molecule is CCCCCCCCCCCCCCCCCC(=O)OC[C@H](COP(=O)(O)OC[C@H](O)COP(=O)(O)OC[C@@H](COC(=O)CCCCCCCCCCCCCCCCC)OC(=O)CCCCCCCCCCCCCCCCC)OC(C)=O. The Hall–Kier alpha value is -1.94. The molecule has 5 atom stereocenters. The second-order valence-electron chi connectivity index (χ2n) is 23.6. The molecule has 0 amide bonds. The van der Waals surface area contributed by atoms with Crippen molar-refractivity contribution in [1.29, 1.82) is 0 Å². The lowest BCUT2D eigenvalue weighted by Crippen LogP contribution is -2.30. The van der Waals surface area contributed by atoms with Gasteiger partial charge in [-0.1, -0.05) is 290 Å². The first-order chi connectivity index (χ1) is 40.6. The highest BCUT2D eigenvalue weighted by Gasteiger charge is 2.30. The second kappa shape index (κ2) is 60.0. The molecule has 0 aliphatic rings. The van der Waals surface area contributed by atoms with E-state index in [2.05, 4.69) is 20.8 Å². The number of hydrogen-bond acceptors (Lipinski definition) is 15. The van der Waals surface area contributed by atoms with Gasteiger partial charge in [0.1, 0.15) is 19.3 Å². The molecular weight excluding hydrogens is 1110 g/mol. The third-order valence-corrected chi connectivity index (χ3v) is 17.1. The zero-order chi connectivity index (χ0) is 61.9. The van der Waals surface area contributed by atoms with Crippen LogP contribution in [0.15, 0.2) is 0 Å². The van der Waals surface area contributed by atoms with E-state index in [9.17, 15) is 43.2 Å². The average molecular weight is 1240 g/mol. The molecule has 0 heterocycles. The molecule has 0 saturated heterocycles. The minimum absolute atomic E-state index is 0.108. The van der Waals surface area contributed by atoms with Gasteiger partial charge in [0, 0.05) is 26.2 Å². The quantitative estimate of drug-likeness (QED) is 0.0222. The summed E-state index contributed by atoms with van der Waals surface area (Å²) in [6.07, 6.45) is 49.8. The maximum Gasteiger partial charge on any atom is 0.472 e. The van der Waals surface area contributed by atoms with Gasteiger partial charge in [-0.25, -0.2) is 9.13 Å². The number of aliphatic hydroxyl groups excluding tert-OH is 1. The molecule has 0 bridgehead atoms. The maximum absolute atomic E-state index is 12.9. The minimum atomic E-state index is -4.93. The lowest BCUT2D eigenvalue weighted by molar-refractivity contribution is -0.161. The molecule has 17 nitrogen and oxygen atoms in total. The van der Waals surface area contributed by atoms with Crippen LogP contribution < -0.4 is 0 Å². The second-order valence-corrected chi connectivity index (χ2v) is 26.5. The van der Waals surface area contributed by atoms with Gasteiger partial charge in [-0.2, -0.15) is 0 Å². The van der Waals surface area contributed by atoms with Crippen molar-refractivity contribution in [3.8, 4) is 0 Å². The number of hydrogen-bond donors (Lipinski definition) is 3. The van der Waals surface area contributed by atoms with E-state index in [-0.39, 0.29) is 19.3 Å². The molecule has 0 fully saturated rings. The number of unbranched alkanes of at least 4 members (excludes halogenated alkanes) is 42. The van der Waals surface area contributed by atoms with Crippen molar-refractivity contribution in [1.82, 2.24) is 0 Å². The highest BCUT2D eigenvalue weighted by molar-refractivity contribution is 7.47. The van der Waals surface area contributed by atoms with Crippen LogP contribution >= 0.6 is 15.6 Å². The van der Waals surface area contributed by atoms with Gasteiger partial charge in [-0.15, -0.1) is 0 Å². The molecular formula is C65H126O17P2. The summed E-state index contributed by atoms with van der Waals surface area (Å²) in [5.74, 6) is -2.31. The van der Waals surface area contributed by atoms with Crippen molar-refractivity contribution >= 4 is 39.5 Å². The normalized spacial score (nSPS) is 14.1. The van der Waals surface area contributed by atoms with Crippen molar-refractivity contribution in [2.75, 3.05) is 39.6 Å². The number of aliphatic hydroxyl groups is 1. The molecule has 0 radical (unpaired) electrons. The molecule has 2 unspecified atom stereocenters. The van der Waals surface area contributed by atoms with Crippen LogP contribution in [0.25, 0.3) is 0 Å². The Bertz CT molecular complexity index is 1620. The van der Waals surface area contributed by atoms with Gasteiger partial charge < -0.3 is 33.8 Å². The predicted octanol–water partition coefficient (Wildman–Crippen LogP) is 18.3. The smallest absolute Gasteiger partial charge is 0.462 e. The highest BCUT2D eigenvalue weighted by Crippen LogP contribution is 2.45. The van der Waals surface area contributed by atoms with Crippen molar-refractivity contribution in [3.63, 3.8) is 0 Å². The summed E-state index contributed by atoms with van der Waals surface area (Å²) in [4.78, 5) is 70.6. The molecule has 19 heteroatoms. The third kappa shape index (κ3) is 60.3. The Morgan fingerprint density at radius 3 is 0.774 bits per heavy atom. The minimum Gasteiger partial charge on any atom is -0.462 e. The van der Waals surface area contributed by atoms with Crippen molar-refractivity contribution in [2.24, 2.45) is 0 Å². The number of ether oxygens (including phenoxy) is 4. The van der Waals surface area contributed by atoms with Crippen LogP contribution in [0, 0.1) is 0 Å². The number of carbonyl (C=O) groups excluding carboxylic acids is 4. The Kier molecular flexibility index (Phi) is 58.6. The lowest BCUT2D eigenvalue weighted by atomic mass is 10.0. The molecule has 0 aromatic rings. The van der Waals surface area contributed by atoms with Crippen LogP contribution in [-0.4, -0.2) is 96.7 Å². The number of rotatable bonds is 66. The van der Waals surface area contributed by atoms with E-state index in [0.717, 1.165) is 71.1 Å². The fourth-order valence-electron chi connectivity index (χ4n) is 9.99. The molecule has 0 saturated carbocycles. The van der Waals surface area contributed by atoms with Gasteiger partial charge in [0.25, 0.3) is 0 Å². The lowest BCUT2D eigenvalue weighted by Gasteiger charge is -2.21. The standard InChI is InChI=1S/C65H126O17P2/c1-5-8-11-14-17-20-23-26-29-32-35-38-41-44-47-50-63(68)75-55-61(81-59(4)66)57-79-83(71,72)77-53-60(67)54-78-84(73,74)80-58-62(82-65(70)52-49-46-43-40-37-34-31-28-25-22-19-16-13-10-7-3)56-76-64(69)51-48-45-42-39-36-33-30-27-24-21-18-15-12-9-6-2/h60-62,67H,5-58H2,1-4H3,(H,71,72)(H,73,74)/t60-,61+,62+/m0/s1. The van der Waals surface area contributed by atoms with Crippen molar-refractivity contribution in [3.05, 3.63) is 0 Å². The summed E-state index contributed by atoms with van der Waals surface area (Å²) in [7, 11) is -9.84. The molecule has 498 valence electrons. The molecule has 0 aromatic heterocycles. The third-order valence-electron chi connectivity index (χ3n) is 15.2. The number of phosphoric ester groups is 2. The van der Waals surface area contributed by atoms with E-state index in [1.807, 2.05) is 0 Å². The summed E-state index contributed by atoms with van der Waals surface area (Å²) < 4.78 is 66.7. The van der Waals surface area contributed by atoms with Crippen molar-refractivity contribution < 1.29 is 80.2 Å². The van der Waals surface area contributed by atoms with Crippen LogP contribution in [0.4, 0.5) is 0 Å². The van der Waals surface area contributed by atoms with E-state index in [1.165, 1.54) is 205 Å². The summed E-state index contributed by atoms with van der Waals surface area (Å²) in [6, 6.07) is 0. The Morgan fingerprint density at radius 1 is 0.310 bits per heavy atom. The highest BCUT2D eigenvalue weighted by atomic mass is 31.2. The van der Waals surface area contributed by atoms with Crippen LogP contribution in [0.2, 0.25) is 0 Å². The fraction of sp³-hybridized carbons (Fsp3) is 0.938. The number of carbonyl (C=O) groups is 4. The molecule has 3 N–H and O–H groups in total. The van der Waals surface area contributed by atoms with Gasteiger partial charge >= 0.3 is 39.5 Å². The van der Waals surface area contributed by atoms with Gasteiger partial charge in [0.2, 0.25) is 0 Å². The first-order valence-electron chi connectivity index (χ1n) is 34.2. The van der Waals surface area contributed by atoms with Crippen molar-refractivity contribution in [2.45, 2.75) is 354 Å². The van der Waals surface area contributed by atoms with E-state index in [0.29, 0.717) is 19.3 Å². The first-order valence-corrected chi connectivity index (χ1v) is 37.2. The zero-order valence-corrected chi connectivity index (χ0v) is 55.7. The number of esters is 4. The zero-order valence-electron chi connectivity index (χ0n) is 53.9. The van der Waals surface area contributed by atoms with Gasteiger partial charge in [-0.3, -0.25) is 37.3 Å². The summed E-state index contributed by atoms with van der Waals surface area (Å²) in [5, 5.41) is 10.4. The maximum atomic E-state index is 12.9. The summed E-state index contributed by atoms with van der Waals surface area (Å²) in [5.41, 5.74) is 0. The van der Waals surface area contributed by atoms with E-state index < -0.39 is 97.5 Å². The van der Waals surface area contributed by atoms with Crippen LogP contribution in [0.5, 0.6) is 0 Å². The molecule has 0 aliphatic carbocycles. The van der Waals surface area contributed by atoms with Crippen LogP contribution in [0.1, 0.15) is 336 Å². The van der Waals surface area contributed by atoms with Gasteiger partial charge in [-0.05, 0) is 19.3 Å². The molecule has 0 aromatic carbocycles. The van der Waals surface area contributed by atoms with Crippen LogP contribution in [-0.2, 0) is 65.4 Å². The van der Waals surface area contributed by atoms with Gasteiger partial charge in [0.05, 0.1) is 26.4 Å². The largest absolute Gasteiger partial charge is 0.472 e. The first kappa shape index (κ1) is 82.1. The Labute approximate surface area is 511 Å². The summed E-state index contributed by atoms with van der Waals surface area (Å²) >= 11 is 0. The van der Waals surface area contributed by atoms with Gasteiger partial charge in [0.15, 0.2) is 12.2 Å². The average Bonchev–Trinajstić information content (AvgIpc) is 3.65. The summed E-state index contributed by atoms with van der Waals surface area (Å²) in [6.45, 7) is 3.85. The predicted molar refractivity (Wildman–Crippen MR) is 335 cm³/mol. The van der Waals surface area contributed by atoms with Crippen LogP contribution in [0.3, 0.4) is 0 Å². The molecule has 0 spiro atoms. The topological polar surface area (TPSA) is 237 Å². The molecule has 0 aliphatic heterocycles. The number of phosphoric acid groups is 2. The van der Waals surface area contributed by atoms with E-state index in [1.54, 1.807) is 0 Å².